The van der Waals surface area contributed by atoms with Crippen LogP contribution in [-0.4, -0.2) is 51.9 Å². The maximum atomic E-state index is 13.5. The molecule has 0 bridgehead atoms. The first-order valence-electron chi connectivity index (χ1n) is 13.0. The monoisotopic (exact) mass is 581 g/mol. The van der Waals surface area contributed by atoms with Gasteiger partial charge in [0, 0.05) is 0 Å². The third-order valence-corrected chi connectivity index (χ3v) is 7.18. The van der Waals surface area contributed by atoms with Crippen LogP contribution in [0.3, 0.4) is 0 Å². The summed E-state index contributed by atoms with van der Waals surface area (Å²) in [5.41, 5.74) is 3.64. The molecule has 0 aliphatic carbocycles. The largest absolute Gasteiger partial charge is 0.494 e. The first-order chi connectivity index (χ1) is 19.4. The van der Waals surface area contributed by atoms with Gasteiger partial charge in [0.05, 0.1) is 23.4 Å². The number of hydrazone groups is 1. The van der Waals surface area contributed by atoms with Gasteiger partial charge in [-0.1, -0.05) is 17.7 Å². The van der Waals surface area contributed by atoms with Crippen LogP contribution in [0, 0.1) is 6.92 Å². The molecular weight excluding hydrogens is 546 g/mol. The number of hydrogen-bond donors (Lipinski definition) is 1. The lowest BCUT2D eigenvalue weighted by Crippen LogP contribution is -2.39. The van der Waals surface area contributed by atoms with Gasteiger partial charge in [-0.25, -0.2) is 18.6 Å². The minimum atomic E-state index is -4.06. The Morgan fingerprint density at radius 2 is 1.49 bits per heavy atom. The fraction of sp³-hybridized carbons (Fsp3) is 0.300. The Morgan fingerprint density at radius 1 is 0.902 bits per heavy atom. The molecule has 0 aliphatic rings. The van der Waals surface area contributed by atoms with Gasteiger partial charge in [-0.2, -0.15) is 5.10 Å². The molecule has 0 spiro atoms. The molecule has 0 saturated heterocycles. The molecule has 0 heterocycles. The van der Waals surface area contributed by atoms with Crippen LogP contribution in [0.25, 0.3) is 0 Å². The van der Waals surface area contributed by atoms with E-state index < -0.39 is 34.0 Å². The van der Waals surface area contributed by atoms with Crippen molar-refractivity contribution in [2.75, 3.05) is 24.1 Å². The van der Waals surface area contributed by atoms with E-state index >= 15 is 0 Å². The molecule has 10 nitrogen and oxygen atoms in total. The Morgan fingerprint density at radius 3 is 2.07 bits per heavy atom. The van der Waals surface area contributed by atoms with Gasteiger partial charge < -0.3 is 14.2 Å². The standard InChI is InChI=1S/C30H35N3O7S/c1-6-38-25-15-11-24(12-16-25)33(41(36,37)27-17-7-22(2)8-18-27)20-28(34)32-31-19-23-9-13-26(14-10-23)39-21-29(35)40-30(3,4)5/h7-19H,6,20-21H2,1-5H3,(H,32,34)/b31-19-. The van der Waals surface area contributed by atoms with Gasteiger partial charge in [0.15, 0.2) is 6.61 Å². The first-order valence-corrected chi connectivity index (χ1v) is 14.4. The van der Waals surface area contributed by atoms with E-state index in [1.165, 1.54) is 18.3 Å². The Hall–Kier alpha value is -4.38. The fourth-order valence-corrected chi connectivity index (χ4v) is 4.96. The van der Waals surface area contributed by atoms with Crippen molar-refractivity contribution in [3.8, 4) is 11.5 Å². The third kappa shape index (κ3) is 9.64. The molecule has 3 aromatic rings. The number of esters is 1. The second-order valence-corrected chi connectivity index (χ2v) is 11.9. The Bertz CT molecular complexity index is 1450. The van der Waals surface area contributed by atoms with Gasteiger partial charge in [0.2, 0.25) is 0 Å². The number of nitrogens with one attached hydrogen (secondary N) is 1. The number of sulfonamides is 1. The van der Waals surface area contributed by atoms with E-state index in [1.807, 2.05) is 13.8 Å². The number of benzene rings is 3. The number of nitrogens with zero attached hydrogens (tertiary/aromatic N) is 2. The van der Waals surface area contributed by atoms with Gasteiger partial charge in [-0.3, -0.25) is 9.10 Å². The number of carbonyl (C=O) groups is 2. The minimum Gasteiger partial charge on any atom is -0.494 e. The summed E-state index contributed by atoms with van der Waals surface area (Å²) in [7, 11) is -4.06. The lowest BCUT2D eigenvalue weighted by molar-refractivity contribution is -0.157. The Kier molecular flexibility index (Phi) is 10.5. The number of ether oxygens (including phenoxy) is 3. The van der Waals surface area contributed by atoms with Crippen molar-refractivity contribution in [1.82, 2.24) is 5.43 Å². The van der Waals surface area contributed by atoms with Crippen molar-refractivity contribution in [3.05, 3.63) is 83.9 Å². The quantitative estimate of drug-likeness (QED) is 0.190. The fourth-order valence-electron chi connectivity index (χ4n) is 3.54. The van der Waals surface area contributed by atoms with Crippen molar-refractivity contribution in [3.63, 3.8) is 0 Å². The molecule has 0 atom stereocenters. The van der Waals surface area contributed by atoms with Crippen LogP contribution in [0.15, 0.2) is 82.8 Å². The van der Waals surface area contributed by atoms with Crippen molar-refractivity contribution in [1.29, 1.82) is 0 Å². The zero-order valence-corrected chi connectivity index (χ0v) is 24.6. The van der Waals surface area contributed by atoms with Crippen LogP contribution >= 0.6 is 0 Å². The van der Waals surface area contributed by atoms with Crippen molar-refractivity contribution in [2.45, 2.75) is 45.1 Å². The highest BCUT2D eigenvalue weighted by molar-refractivity contribution is 7.92. The molecule has 41 heavy (non-hydrogen) atoms. The zero-order chi connectivity index (χ0) is 30.0. The summed E-state index contributed by atoms with van der Waals surface area (Å²) in [6.45, 7) is 8.77. The van der Waals surface area contributed by atoms with Crippen molar-refractivity contribution < 1.29 is 32.2 Å². The Labute approximate surface area is 241 Å². The summed E-state index contributed by atoms with van der Waals surface area (Å²) < 4.78 is 44.2. The van der Waals surface area contributed by atoms with Crippen LogP contribution in [0.4, 0.5) is 5.69 Å². The van der Waals surface area contributed by atoms with Crippen molar-refractivity contribution >= 4 is 33.8 Å². The van der Waals surface area contributed by atoms with Gasteiger partial charge in [0.1, 0.15) is 23.6 Å². The number of aryl methyl sites for hydroxylation is 1. The predicted octanol–water partition coefficient (Wildman–Crippen LogP) is 4.46. The van der Waals surface area contributed by atoms with E-state index in [9.17, 15) is 18.0 Å². The number of carbonyl (C=O) groups excluding carboxylic acids is 2. The smallest absolute Gasteiger partial charge is 0.344 e. The summed E-state index contributed by atoms with van der Waals surface area (Å²) in [6, 6.07) is 19.5. The first kappa shape index (κ1) is 31.2. The molecule has 3 aromatic carbocycles. The summed E-state index contributed by atoms with van der Waals surface area (Å²) in [6.07, 6.45) is 1.41. The molecule has 0 radical (unpaired) electrons. The second kappa shape index (κ2) is 13.8. The van der Waals surface area contributed by atoms with Gasteiger partial charge in [-0.05, 0) is 101 Å². The van der Waals surface area contributed by atoms with Crippen LogP contribution in [0.1, 0.15) is 38.8 Å². The van der Waals surface area contributed by atoms with Crippen LogP contribution in [0.2, 0.25) is 0 Å². The summed E-state index contributed by atoms with van der Waals surface area (Å²) in [4.78, 5) is 24.7. The topological polar surface area (TPSA) is 124 Å². The molecule has 218 valence electrons. The molecule has 0 unspecified atom stereocenters. The summed E-state index contributed by atoms with van der Waals surface area (Å²) >= 11 is 0. The maximum absolute atomic E-state index is 13.5. The lowest BCUT2D eigenvalue weighted by Gasteiger charge is -2.24. The lowest BCUT2D eigenvalue weighted by atomic mass is 10.2. The average molecular weight is 582 g/mol. The highest BCUT2D eigenvalue weighted by atomic mass is 32.2. The van der Waals surface area contributed by atoms with E-state index in [0.717, 1.165) is 9.87 Å². The molecular formula is C30H35N3O7S. The number of anilines is 1. The van der Waals surface area contributed by atoms with E-state index in [-0.39, 0.29) is 11.5 Å². The molecule has 0 fully saturated rings. The predicted molar refractivity (Wildman–Crippen MR) is 157 cm³/mol. The molecule has 1 amide bonds. The van der Waals surface area contributed by atoms with E-state index in [2.05, 4.69) is 10.5 Å². The van der Waals surface area contributed by atoms with Gasteiger partial charge in [0.25, 0.3) is 15.9 Å². The minimum absolute atomic E-state index is 0.0577. The van der Waals surface area contributed by atoms with Gasteiger partial charge >= 0.3 is 5.97 Å². The number of amides is 1. The van der Waals surface area contributed by atoms with Crippen LogP contribution < -0.4 is 19.2 Å². The molecule has 0 saturated carbocycles. The van der Waals surface area contributed by atoms with Crippen LogP contribution in [-0.2, 0) is 24.3 Å². The van der Waals surface area contributed by atoms with Crippen molar-refractivity contribution in [2.24, 2.45) is 5.10 Å². The zero-order valence-electron chi connectivity index (χ0n) is 23.8. The third-order valence-electron chi connectivity index (χ3n) is 5.39. The SMILES string of the molecule is CCOc1ccc(N(CC(=O)N/N=C\c2ccc(OCC(=O)OC(C)(C)C)cc2)S(=O)(=O)c2ccc(C)cc2)cc1. The molecule has 0 aromatic heterocycles. The van der Waals surface area contributed by atoms with E-state index in [4.69, 9.17) is 14.2 Å². The number of rotatable bonds is 12. The highest BCUT2D eigenvalue weighted by Gasteiger charge is 2.27. The highest BCUT2D eigenvalue weighted by Crippen LogP contribution is 2.26. The molecule has 1 N–H and O–H groups in total. The molecule has 11 heteroatoms. The number of hydrogen-bond acceptors (Lipinski definition) is 8. The Balaban J connectivity index is 1.67. The normalized spacial score (nSPS) is 11.6. The second-order valence-electron chi connectivity index (χ2n) is 9.99. The van der Waals surface area contributed by atoms with Gasteiger partial charge in [-0.15, -0.1) is 0 Å². The van der Waals surface area contributed by atoms with Crippen LogP contribution in [0.5, 0.6) is 11.5 Å². The average Bonchev–Trinajstić information content (AvgIpc) is 2.91. The van der Waals surface area contributed by atoms with E-state index in [1.54, 1.807) is 81.4 Å². The summed E-state index contributed by atoms with van der Waals surface area (Å²) in [5, 5.41) is 3.96. The summed E-state index contributed by atoms with van der Waals surface area (Å²) in [5.74, 6) is -0.0683. The molecule has 0 aliphatic heterocycles. The van der Waals surface area contributed by atoms with E-state index in [0.29, 0.717) is 29.4 Å². The molecule has 3 rings (SSSR count). The maximum Gasteiger partial charge on any atom is 0.344 e.